The van der Waals surface area contributed by atoms with Crippen LogP contribution in [0.3, 0.4) is 0 Å². The van der Waals surface area contributed by atoms with Crippen molar-refractivity contribution in [2.75, 3.05) is 25.5 Å². The van der Waals surface area contributed by atoms with E-state index in [1.54, 1.807) is 7.11 Å². The summed E-state index contributed by atoms with van der Waals surface area (Å²) in [5.74, 6) is 0.842. The third-order valence-electron chi connectivity index (χ3n) is 4.03. The second-order valence-corrected chi connectivity index (χ2v) is 6.15. The number of benzene rings is 1. The molecule has 1 aliphatic rings. The zero-order valence-electron chi connectivity index (χ0n) is 12.7. The largest absolute Gasteiger partial charge is 0.497 e. The van der Waals surface area contributed by atoms with E-state index in [4.69, 9.17) is 16.3 Å². The van der Waals surface area contributed by atoms with Gasteiger partial charge in [0.05, 0.1) is 17.8 Å². The summed E-state index contributed by atoms with van der Waals surface area (Å²) in [5.41, 5.74) is 0.981. The van der Waals surface area contributed by atoms with E-state index in [1.807, 2.05) is 18.2 Å². The number of nitrogens with one attached hydrogen (secondary N) is 1. The van der Waals surface area contributed by atoms with E-state index < -0.39 is 0 Å². The highest BCUT2D eigenvalue weighted by molar-refractivity contribution is 6.33. The highest BCUT2D eigenvalue weighted by Crippen LogP contribution is 2.28. The van der Waals surface area contributed by atoms with Crippen LogP contribution in [0, 0.1) is 0 Å². The van der Waals surface area contributed by atoms with E-state index in [0.717, 1.165) is 29.4 Å². The van der Waals surface area contributed by atoms with E-state index in [1.165, 1.54) is 19.4 Å². The first-order chi connectivity index (χ1) is 9.60. The van der Waals surface area contributed by atoms with Crippen LogP contribution in [0.5, 0.6) is 5.75 Å². The van der Waals surface area contributed by atoms with Gasteiger partial charge in [-0.2, -0.15) is 0 Å². The predicted molar refractivity (Wildman–Crippen MR) is 86.0 cm³/mol. The molecule has 1 aliphatic heterocycles. The van der Waals surface area contributed by atoms with Crippen LogP contribution >= 0.6 is 11.6 Å². The summed E-state index contributed by atoms with van der Waals surface area (Å²) in [6, 6.07) is 6.88. The van der Waals surface area contributed by atoms with Crippen LogP contribution in [0.4, 0.5) is 5.69 Å². The maximum absolute atomic E-state index is 6.26. The number of halogens is 1. The number of rotatable bonds is 4. The summed E-state index contributed by atoms with van der Waals surface area (Å²) >= 11 is 6.26. The number of hydrogen-bond acceptors (Lipinski definition) is 3. The first kappa shape index (κ1) is 15.5. The fraction of sp³-hybridized carbons (Fsp3) is 0.625. The van der Waals surface area contributed by atoms with Gasteiger partial charge in [-0.1, -0.05) is 11.6 Å². The molecule has 1 aromatic carbocycles. The standard InChI is InChI=1S/C16H25ClN2O/c1-12(2)19-9-4-5-13(8-10-19)18-16-11-14(20-3)6-7-15(16)17/h6-7,11-13,18H,4-5,8-10H2,1-3H3. The van der Waals surface area contributed by atoms with Crippen molar-refractivity contribution in [1.82, 2.24) is 4.90 Å². The lowest BCUT2D eigenvalue weighted by Crippen LogP contribution is -2.32. The quantitative estimate of drug-likeness (QED) is 0.908. The number of hydrogen-bond donors (Lipinski definition) is 1. The van der Waals surface area contributed by atoms with Gasteiger partial charge in [-0.15, -0.1) is 0 Å². The second-order valence-electron chi connectivity index (χ2n) is 5.75. The molecule has 1 heterocycles. The van der Waals surface area contributed by atoms with E-state index in [0.29, 0.717) is 12.1 Å². The van der Waals surface area contributed by atoms with Crippen molar-refractivity contribution in [2.45, 2.75) is 45.2 Å². The third-order valence-corrected chi connectivity index (χ3v) is 4.36. The molecule has 1 atom stereocenters. The summed E-state index contributed by atoms with van der Waals surface area (Å²) in [5, 5.41) is 4.34. The van der Waals surface area contributed by atoms with Crippen LogP contribution in [0.15, 0.2) is 18.2 Å². The van der Waals surface area contributed by atoms with Crippen molar-refractivity contribution in [2.24, 2.45) is 0 Å². The maximum atomic E-state index is 6.26. The van der Waals surface area contributed by atoms with Crippen LogP contribution in [-0.2, 0) is 0 Å². The van der Waals surface area contributed by atoms with E-state index in [-0.39, 0.29) is 0 Å². The van der Waals surface area contributed by atoms with Gasteiger partial charge >= 0.3 is 0 Å². The highest BCUT2D eigenvalue weighted by Gasteiger charge is 2.19. The SMILES string of the molecule is COc1ccc(Cl)c(NC2CCCN(C(C)C)CC2)c1. The monoisotopic (exact) mass is 296 g/mol. The lowest BCUT2D eigenvalue weighted by atomic mass is 10.1. The van der Waals surface area contributed by atoms with Crippen molar-refractivity contribution in [3.63, 3.8) is 0 Å². The van der Waals surface area contributed by atoms with Crippen LogP contribution in [0.1, 0.15) is 33.1 Å². The number of nitrogens with zero attached hydrogens (tertiary/aromatic N) is 1. The van der Waals surface area contributed by atoms with Crippen LogP contribution in [0.25, 0.3) is 0 Å². The molecule has 0 amide bonds. The molecule has 0 saturated carbocycles. The Morgan fingerprint density at radius 3 is 2.80 bits per heavy atom. The van der Waals surface area contributed by atoms with Crippen LogP contribution in [0.2, 0.25) is 5.02 Å². The normalized spacial score (nSPS) is 20.8. The summed E-state index contributed by atoms with van der Waals surface area (Å²) in [6.45, 7) is 6.89. The number of methoxy groups -OCH3 is 1. The molecule has 0 aromatic heterocycles. The molecular weight excluding hydrogens is 272 g/mol. The van der Waals surface area contributed by atoms with Gasteiger partial charge in [-0.25, -0.2) is 0 Å². The van der Waals surface area contributed by atoms with Crippen molar-refractivity contribution in [1.29, 1.82) is 0 Å². The lowest BCUT2D eigenvalue weighted by molar-refractivity contribution is 0.230. The molecule has 112 valence electrons. The summed E-state index contributed by atoms with van der Waals surface area (Å²) in [4.78, 5) is 2.55. The van der Waals surface area contributed by atoms with Gasteiger partial charge in [0, 0.05) is 24.7 Å². The van der Waals surface area contributed by atoms with Gasteiger partial charge in [-0.3, -0.25) is 0 Å². The summed E-state index contributed by atoms with van der Waals surface area (Å²) in [7, 11) is 1.68. The fourth-order valence-electron chi connectivity index (χ4n) is 2.74. The molecule has 1 aromatic rings. The molecule has 3 nitrogen and oxygen atoms in total. The minimum atomic E-state index is 0.489. The molecule has 20 heavy (non-hydrogen) atoms. The Morgan fingerprint density at radius 2 is 2.10 bits per heavy atom. The Labute approximate surface area is 127 Å². The lowest BCUT2D eigenvalue weighted by Gasteiger charge is -2.24. The van der Waals surface area contributed by atoms with Crippen molar-refractivity contribution in [3.05, 3.63) is 23.2 Å². The van der Waals surface area contributed by atoms with Gasteiger partial charge in [0.2, 0.25) is 0 Å². The second kappa shape index (κ2) is 7.19. The molecule has 1 unspecified atom stereocenters. The van der Waals surface area contributed by atoms with Crippen molar-refractivity contribution < 1.29 is 4.74 Å². The van der Waals surface area contributed by atoms with E-state index >= 15 is 0 Å². The Morgan fingerprint density at radius 1 is 1.30 bits per heavy atom. The van der Waals surface area contributed by atoms with Crippen molar-refractivity contribution >= 4 is 17.3 Å². The average Bonchev–Trinajstić information content (AvgIpc) is 2.67. The van der Waals surface area contributed by atoms with E-state index in [2.05, 4.69) is 24.1 Å². The summed E-state index contributed by atoms with van der Waals surface area (Å²) in [6.07, 6.45) is 3.58. The molecule has 1 saturated heterocycles. The minimum absolute atomic E-state index is 0.489. The zero-order valence-corrected chi connectivity index (χ0v) is 13.4. The fourth-order valence-corrected chi connectivity index (χ4v) is 2.91. The van der Waals surface area contributed by atoms with E-state index in [9.17, 15) is 0 Å². The van der Waals surface area contributed by atoms with Gasteiger partial charge in [0.25, 0.3) is 0 Å². The smallest absolute Gasteiger partial charge is 0.121 e. The predicted octanol–water partition coefficient (Wildman–Crippen LogP) is 4.02. The van der Waals surface area contributed by atoms with Gasteiger partial charge in [0.1, 0.15) is 5.75 Å². The highest BCUT2D eigenvalue weighted by atomic mass is 35.5. The molecule has 0 bridgehead atoms. The van der Waals surface area contributed by atoms with Gasteiger partial charge < -0.3 is 15.0 Å². The molecule has 0 spiro atoms. The summed E-state index contributed by atoms with van der Waals surface area (Å²) < 4.78 is 5.27. The Kier molecular flexibility index (Phi) is 5.55. The average molecular weight is 297 g/mol. The number of likely N-dealkylation sites (tertiary alicyclic amines) is 1. The van der Waals surface area contributed by atoms with Gasteiger partial charge in [-0.05, 0) is 51.8 Å². The molecular formula is C16H25ClN2O. The first-order valence-corrected chi connectivity index (χ1v) is 7.82. The Hall–Kier alpha value is -0.930. The molecule has 4 heteroatoms. The zero-order chi connectivity index (χ0) is 14.5. The first-order valence-electron chi connectivity index (χ1n) is 7.44. The van der Waals surface area contributed by atoms with Crippen LogP contribution < -0.4 is 10.1 Å². The molecule has 0 radical (unpaired) electrons. The van der Waals surface area contributed by atoms with Crippen LogP contribution in [-0.4, -0.2) is 37.2 Å². The minimum Gasteiger partial charge on any atom is -0.497 e. The van der Waals surface area contributed by atoms with Crippen molar-refractivity contribution in [3.8, 4) is 5.75 Å². The number of anilines is 1. The van der Waals surface area contributed by atoms with Gasteiger partial charge in [0.15, 0.2) is 0 Å². The Balaban J connectivity index is 1.99. The third kappa shape index (κ3) is 4.03. The molecule has 1 fully saturated rings. The Bertz CT molecular complexity index is 436. The topological polar surface area (TPSA) is 24.5 Å². The molecule has 0 aliphatic carbocycles. The maximum Gasteiger partial charge on any atom is 0.121 e. The number of ether oxygens (including phenoxy) is 1. The molecule has 2 rings (SSSR count). The molecule has 1 N–H and O–H groups in total.